The molecule has 0 aliphatic heterocycles. The van der Waals surface area contributed by atoms with E-state index in [4.69, 9.17) is 8.85 Å². The molecule has 0 fully saturated rings. The number of allylic oxidation sites excluding steroid dienone is 3. The first-order valence-electron chi connectivity index (χ1n) is 12.5. The molecule has 0 aromatic rings. The number of ether oxygens (including phenoxy) is 1. The third kappa shape index (κ3) is 7.74. The third-order valence-electron chi connectivity index (χ3n) is 6.34. The van der Waals surface area contributed by atoms with Crippen LogP contribution in [-0.4, -0.2) is 40.5 Å². The second-order valence-electron chi connectivity index (χ2n) is 8.92. The van der Waals surface area contributed by atoms with E-state index in [0.717, 1.165) is 5.57 Å². The van der Waals surface area contributed by atoms with E-state index < -0.39 is 49.4 Å². The predicted octanol–water partition coefficient (Wildman–Crippen LogP) is 2.76. The van der Waals surface area contributed by atoms with Gasteiger partial charge in [-0.25, -0.2) is 0 Å². The maximum Gasteiger partial charge on any atom is 0.308 e. The SMILES string of the molecule is [2H]C([2H])([2H])C(CC)C(=O)O[C@H]1C[C@@H](C)C=C2C=C[C@H](C)[C@H](CC[C@@H](O)C[C@@H](O)CC(=O)[O-])[C@H]21.[NH4+]. The zero-order chi connectivity index (χ0) is 24.9. The summed E-state index contributed by atoms with van der Waals surface area (Å²) in [6, 6.07) is 0. The first-order valence-corrected chi connectivity index (χ1v) is 11.0. The van der Waals surface area contributed by atoms with E-state index in [1.54, 1.807) is 6.92 Å². The number of carbonyl (C=O) groups excluding carboxylic acids is 2. The summed E-state index contributed by atoms with van der Waals surface area (Å²) in [6.07, 6.45) is 4.96. The Bertz CT molecular complexity index is 753. The summed E-state index contributed by atoms with van der Waals surface area (Å²) in [4.78, 5) is 23.4. The summed E-state index contributed by atoms with van der Waals surface area (Å²) in [5.41, 5.74) is 1.06. The lowest BCUT2D eigenvalue weighted by atomic mass is 9.65. The zero-order valence-electron chi connectivity index (χ0n) is 22.1. The van der Waals surface area contributed by atoms with Crippen molar-refractivity contribution in [2.75, 3.05) is 0 Å². The number of esters is 1. The fourth-order valence-corrected chi connectivity index (χ4v) is 4.71. The molecule has 0 spiro atoms. The highest BCUT2D eigenvalue weighted by molar-refractivity contribution is 5.72. The average Bonchev–Trinajstić information content (AvgIpc) is 2.65. The minimum absolute atomic E-state index is 0. The van der Waals surface area contributed by atoms with E-state index in [-0.39, 0.29) is 42.7 Å². The molecule has 2 aliphatic carbocycles. The molecule has 178 valence electrons. The highest BCUT2D eigenvalue weighted by atomic mass is 16.5. The van der Waals surface area contributed by atoms with Crippen molar-refractivity contribution in [2.45, 2.75) is 84.5 Å². The van der Waals surface area contributed by atoms with Crippen LogP contribution in [-0.2, 0) is 14.3 Å². The minimum atomic E-state index is -2.42. The molecule has 0 heterocycles. The summed E-state index contributed by atoms with van der Waals surface area (Å²) in [5, 5.41) is 30.7. The molecule has 31 heavy (non-hydrogen) atoms. The lowest BCUT2D eigenvalue weighted by Crippen LogP contribution is -2.41. The quantitative estimate of drug-likeness (QED) is 0.444. The Balaban J connectivity index is 0.00000578. The van der Waals surface area contributed by atoms with Crippen LogP contribution in [0.25, 0.3) is 0 Å². The van der Waals surface area contributed by atoms with Crippen molar-refractivity contribution in [1.29, 1.82) is 0 Å². The fraction of sp³-hybridized carbons (Fsp3) is 0.750. The molecule has 0 aromatic carbocycles. The van der Waals surface area contributed by atoms with Gasteiger partial charge in [0.25, 0.3) is 0 Å². The fourth-order valence-electron chi connectivity index (χ4n) is 4.71. The van der Waals surface area contributed by atoms with Crippen LogP contribution in [0.15, 0.2) is 23.8 Å². The van der Waals surface area contributed by atoms with Gasteiger partial charge in [-0.05, 0) is 55.4 Å². The number of rotatable bonds is 10. The molecule has 8 atom stereocenters. The number of aliphatic hydroxyl groups excluding tert-OH is 2. The molecule has 6 N–H and O–H groups in total. The van der Waals surface area contributed by atoms with Crippen LogP contribution in [0.1, 0.15) is 70.3 Å². The highest BCUT2D eigenvalue weighted by Gasteiger charge is 2.41. The van der Waals surface area contributed by atoms with Gasteiger partial charge >= 0.3 is 5.97 Å². The molecule has 1 unspecified atom stereocenters. The van der Waals surface area contributed by atoms with Crippen LogP contribution in [0, 0.1) is 29.6 Å². The van der Waals surface area contributed by atoms with Gasteiger partial charge < -0.3 is 31.0 Å². The summed E-state index contributed by atoms with van der Waals surface area (Å²) in [7, 11) is 0. The number of hydrogen-bond acceptors (Lipinski definition) is 6. The number of hydrogen-bond donors (Lipinski definition) is 3. The standard InChI is InChI=1S/C24H38O6.H3N/c1-5-15(3)24(29)30-21-11-14(2)10-17-7-6-16(4)20(23(17)21)9-8-18(25)12-19(26)13-22(27)28;/h6-7,10,14-16,18-21,23,25-26H,5,8-9,11-13H2,1-4H3,(H,27,28);1H3/t14-,15?,16-,18+,19+,20-,21-,23-;/m0./s1/i3D3;. The largest absolute Gasteiger partial charge is 0.550 e. The van der Waals surface area contributed by atoms with E-state index in [9.17, 15) is 24.9 Å². The highest BCUT2D eigenvalue weighted by Crippen LogP contribution is 2.45. The number of fused-ring (bicyclic) bond motifs is 1. The average molecular weight is 443 g/mol. The molecule has 2 aliphatic rings. The normalized spacial score (nSPS) is 32.1. The van der Waals surface area contributed by atoms with Gasteiger partial charge in [-0.3, -0.25) is 4.79 Å². The van der Waals surface area contributed by atoms with Crippen molar-refractivity contribution in [3.63, 3.8) is 0 Å². The second kappa shape index (κ2) is 12.4. The molecule has 7 heteroatoms. The van der Waals surface area contributed by atoms with Gasteiger partial charge in [0, 0.05) is 22.4 Å². The van der Waals surface area contributed by atoms with E-state index in [1.807, 2.05) is 13.0 Å². The summed E-state index contributed by atoms with van der Waals surface area (Å²) in [5.74, 6) is -2.96. The van der Waals surface area contributed by atoms with Crippen molar-refractivity contribution >= 4 is 11.9 Å². The molecular formula is C24H41NO6. The Labute approximate surface area is 190 Å². The second-order valence-corrected chi connectivity index (χ2v) is 8.92. The third-order valence-corrected chi connectivity index (χ3v) is 6.34. The van der Waals surface area contributed by atoms with Crippen molar-refractivity contribution in [3.05, 3.63) is 23.8 Å². The first-order chi connectivity index (χ1) is 15.3. The smallest absolute Gasteiger partial charge is 0.308 e. The van der Waals surface area contributed by atoms with Crippen molar-refractivity contribution in [3.8, 4) is 0 Å². The molecule has 0 saturated carbocycles. The summed E-state index contributed by atoms with van der Waals surface area (Å²) < 4.78 is 28.8. The Hall–Kier alpha value is -1.70. The molecule has 0 radical (unpaired) electrons. The minimum Gasteiger partial charge on any atom is -0.550 e. The van der Waals surface area contributed by atoms with E-state index >= 15 is 0 Å². The summed E-state index contributed by atoms with van der Waals surface area (Å²) in [6.45, 7) is 3.34. The number of carbonyl (C=O) groups is 2. The van der Waals surface area contributed by atoms with Gasteiger partial charge in [0.15, 0.2) is 0 Å². The number of aliphatic carboxylic acids is 1. The molecule has 0 bridgehead atoms. The number of aliphatic hydroxyl groups is 2. The van der Waals surface area contributed by atoms with Crippen molar-refractivity contribution in [1.82, 2.24) is 6.15 Å². The number of carboxylic acid groups (broad SMARTS) is 1. The van der Waals surface area contributed by atoms with Crippen LogP contribution < -0.4 is 11.3 Å². The van der Waals surface area contributed by atoms with Gasteiger partial charge in [-0.1, -0.05) is 45.9 Å². The van der Waals surface area contributed by atoms with Gasteiger partial charge in [0.2, 0.25) is 0 Å². The number of carboxylic acids is 1. The maximum atomic E-state index is 12.8. The molecule has 0 saturated heterocycles. The van der Waals surface area contributed by atoms with Crippen molar-refractivity contribution < 1.29 is 33.8 Å². The van der Waals surface area contributed by atoms with Crippen molar-refractivity contribution in [2.24, 2.45) is 29.6 Å². The molecule has 7 nitrogen and oxygen atoms in total. The van der Waals surface area contributed by atoms with Crippen LogP contribution in [0.4, 0.5) is 0 Å². The molecule has 0 aromatic heterocycles. The van der Waals surface area contributed by atoms with Crippen LogP contribution in [0.3, 0.4) is 0 Å². The van der Waals surface area contributed by atoms with Gasteiger partial charge in [0.1, 0.15) is 6.10 Å². The molecule has 2 rings (SSSR count). The molecular weight excluding hydrogens is 398 g/mol. The Morgan fingerprint density at radius 2 is 2.03 bits per heavy atom. The van der Waals surface area contributed by atoms with E-state index in [2.05, 4.69) is 19.1 Å². The Morgan fingerprint density at radius 3 is 2.65 bits per heavy atom. The predicted molar refractivity (Wildman–Crippen MR) is 118 cm³/mol. The van der Waals surface area contributed by atoms with Gasteiger partial charge in [-0.15, -0.1) is 0 Å². The Kier molecular flexibility index (Phi) is 8.97. The van der Waals surface area contributed by atoms with Crippen LogP contribution in [0.5, 0.6) is 0 Å². The number of quaternary nitrogens is 1. The Morgan fingerprint density at radius 1 is 1.32 bits per heavy atom. The topological polar surface area (TPSA) is 143 Å². The van der Waals surface area contributed by atoms with Gasteiger partial charge in [0.05, 0.1) is 18.1 Å². The van der Waals surface area contributed by atoms with Gasteiger partial charge in [-0.2, -0.15) is 0 Å². The van der Waals surface area contributed by atoms with Crippen LogP contribution in [0.2, 0.25) is 0 Å². The van der Waals surface area contributed by atoms with E-state index in [1.165, 1.54) is 0 Å². The lowest BCUT2D eigenvalue weighted by Gasteiger charge is -2.43. The summed E-state index contributed by atoms with van der Waals surface area (Å²) >= 11 is 0. The molecule has 0 amide bonds. The van der Waals surface area contributed by atoms with Crippen LogP contribution >= 0.6 is 0 Å². The maximum absolute atomic E-state index is 12.8. The first kappa shape index (κ1) is 22.5. The lowest BCUT2D eigenvalue weighted by molar-refractivity contribution is -0.307. The monoisotopic (exact) mass is 442 g/mol. The van der Waals surface area contributed by atoms with E-state index in [0.29, 0.717) is 19.3 Å². The zero-order valence-corrected chi connectivity index (χ0v) is 19.1.